The standard InChI is InChI=1S/C8H12N8/c1-3-5-7-11-15(6-4-2)14-16(7)8-9-12-13-10-8/h3-4,14H,1-2,5-6H2,(H,9,10,12,13). The third-order valence-corrected chi connectivity index (χ3v) is 1.87. The molecule has 1 aliphatic rings. The van der Waals surface area contributed by atoms with E-state index in [0.717, 1.165) is 5.84 Å². The molecule has 0 saturated heterocycles. The summed E-state index contributed by atoms with van der Waals surface area (Å²) in [6.07, 6.45) is 4.10. The summed E-state index contributed by atoms with van der Waals surface area (Å²) in [6, 6.07) is 0. The molecule has 0 bridgehead atoms. The second-order valence-corrected chi connectivity index (χ2v) is 3.03. The zero-order valence-electron chi connectivity index (χ0n) is 8.67. The largest absolute Gasteiger partial charge is 0.287 e. The number of aromatic nitrogens is 4. The van der Waals surface area contributed by atoms with Gasteiger partial charge in [-0.3, -0.25) is 0 Å². The van der Waals surface area contributed by atoms with Crippen molar-refractivity contribution < 1.29 is 0 Å². The molecular formula is C8H12N8. The predicted octanol–water partition coefficient (Wildman–Crippen LogP) is -0.183. The molecule has 0 amide bonds. The van der Waals surface area contributed by atoms with Crippen LogP contribution in [0.4, 0.5) is 5.95 Å². The summed E-state index contributed by atoms with van der Waals surface area (Å²) < 4.78 is 0. The van der Waals surface area contributed by atoms with Crippen LogP contribution in [0.5, 0.6) is 0 Å². The number of hydrazine groups is 2. The molecule has 2 N–H and O–H groups in total. The lowest BCUT2D eigenvalue weighted by Gasteiger charge is -2.16. The molecule has 16 heavy (non-hydrogen) atoms. The van der Waals surface area contributed by atoms with Gasteiger partial charge in [0.25, 0.3) is 5.95 Å². The molecule has 84 valence electrons. The van der Waals surface area contributed by atoms with Gasteiger partial charge in [0.2, 0.25) is 0 Å². The van der Waals surface area contributed by atoms with E-state index in [2.05, 4.69) is 44.4 Å². The maximum atomic E-state index is 4.31. The number of hydrogen-bond acceptors (Lipinski definition) is 7. The van der Waals surface area contributed by atoms with E-state index < -0.39 is 0 Å². The number of aromatic amines is 1. The van der Waals surface area contributed by atoms with E-state index >= 15 is 0 Å². The minimum absolute atomic E-state index is 0.409. The molecule has 0 atom stereocenters. The van der Waals surface area contributed by atoms with Crippen LogP contribution in [0.1, 0.15) is 6.42 Å². The second-order valence-electron chi connectivity index (χ2n) is 3.03. The van der Waals surface area contributed by atoms with Gasteiger partial charge < -0.3 is 0 Å². The number of H-pyrrole nitrogens is 1. The van der Waals surface area contributed by atoms with Crippen LogP contribution >= 0.6 is 0 Å². The summed E-state index contributed by atoms with van der Waals surface area (Å²) in [5.41, 5.74) is 2.99. The fraction of sp³-hybridized carbons (Fsp3) is 0.250. The van der Waals surface area contributed by atoms with E-state index in [1.54, 1.807) is 22.3 Å². The average molecular weight is 220 g/mol. The Morgan fingerprint density at radius 1 is 1.31 bits per heavy atom. The molecule has 0 saturated carbocycles. The molecule has 0 aromatic carbocycles. The van der Waals surface area contributed by atoms with E-state index in [4.69, 9.17) is 0 Å². The molecule has 0 fully saturated rings. The molecular weight excluding hydrogens is 208 g/mol. The number of rotatable bonds is 5. The van der Waals surface area contributed by atoms with Gasteiger partial charge in [0.05, 0.1) is 6.54 Å². The Morgan fingerprint density at radius 3 is 2.81 bits per heavy atom. The van der Waals surface area contributed by atoms with Crippen molar-refractivity contribution in [3.05, 3.63) is 25.3 Å². The Labute approximate surface area is 92.2 Å². The highest BCUT2D eigenvalue weighted by atomic mass is 15.9. The van der Waals surface area contributed by atoms with Gasteiger partial charge in [-0.25, -0.2) is 10.1 Å². The fourth-order valence-corrected chi connectivity index (χ4v) is 1.26. The highest BCUT2D eigenvalue weighted by Gasteiger charge is 2.25. The van der Waals surface area contributed by atoms with E-state index in [-0.39, 0.29) is 0 Å². The number of hydrogen-bond donors (Lipinski definition) is 2. The van der Waals surface area contributed by atoms with Crippen LogP contribution < -0.4 is 10.5 Å². The fourth-order valence-electron chi connectivity index (χ4n) is 1.26. The van der Waals surface area contributed by atoms with Gasteiger partial charge in [-0.2, -0.15) is 5.21 Å². The molecule has 0 unspecified atom stereocenters. The molecule has 2 heterocycles. The zero-order chi connectivity index (χ0) is 11.4. The topological polar surface area (TPSA) is 85.3 Å². The highest BCUT2D eigenvalue weighted by molar-refractivity contribution is 5.97. The van der Waals surface area contributed by atoms with Crippen LogP contribution in [0, 0.1) is 0 Å². The lowest BCUT2D eigenvalue weighted by molar-refractivity contribution is 0.248. The number of tetrazole rings is 1. The number of hydrazone groups is 1. The SMILES string of the molecule is C=CCC1=NN(CC=C)NN1c1nn[nH]n1. The quantitative estimate of drug-likeness (QED) is 0.669. The molecule has 8 heteroatoms. The molecule has 2 rings (SSSR count). The first-order valence-electron chi connectivity index (χ1n) is 4.72. The monoisotopic (exact) mass is 220 g/mol. The van der Waals surface area contributed by atoms with Crippen molar-refractivity contribution >= 4 is 11.8 Å². The van der Waals surface area contributed by atoms with Gasteiger partial charge >= 0.3 is 0 Å². The van der Waals surface area contributed by atoms with Crippen molar-refractivity contribution in [2.75, 3.05) is 11.6 Å². The average Bonchev–Trinajstić information content (AvgIpc) is 2.87. The maximum Gasteiger partial charge on any atom is 0.287 e. The van der Waals surface area contributed by atoms with Crippen molar-refractivity contribution in [1.82, 2.24) is 31.3 Å². The van der Waals surface area contributed by atoms with Gasteiger partial charge in [0, 0.05) is 6.42 Å². The summed E-state index contributed by atoms with van der Waals surface area (Å²) in [4.78, 5) is 0. The first-order valence-corrected chi connectivity index (χ1v) is 4.72. The Morgan fingerprint density at radius 2 is 2.19 bits per heavy atom. The molecule has 1 aliphatic heterocycles. The lowest BCUT2D eigenvalue weighted by atomic mass is 10.4. The molecule has 0 aliphatic carbocycles. The van der Waals surface area contributed by atoms with Gasteiger partial charge in [0.1, 0.15) is 0 Å². The Bertz CT molecular complexity index is 394. The van der Waals surface area contributed by atoms with Gasteiger partial charge in [-0.1, -0.05) is 17.3 Å². The number of amidine groups is 1. The van der Waals surface area contributed by atoms with Crippen molar-refractivity contribution in [3.63, 3.8) is 0 Å². The predicted molar refractivity (Wildman–Crippen MR) is 58.9 cm³/mol. The molecule has 0 spiro atoms. The van der Waals surface area contributed by atoms with Crippen LogP contribution in [-0.4, -0.2) is 38.1 Å². The Balaban J connectivity index is 2.16. The highest BCUT2D eigenvalue weighted by Crippen LogP contribution is 2.11. The van der Waals surface area contributed by atoms with Crippen LogP contribution in [0.3, 0.4) is 0 Å². The second kappa shape index (κ2) is 4.53. The molecule has 0 radical (unpaired) electrons. The van der Waals surface area contributed by atoms with E-state index in [1.165, 1.54) is 0 Å². The Kier molecular flexibility index (Phi) is 2.92. The third kappa shape index (κ3) is 1.91. The summed E-state index contributed by atoms with van der Waals surface area (Å²) in [5.74, 6) is 1.16. The number of nitrogens with one attached hydrogen (secondary N) is 2. The van der Waals surface area contributed by atoms with E-state index in [0.29, 0.717) is 18.9 Å². The maximum absolute atomic E-state index is 4.31. The molecule has 8 nitrogen and oxygen atoms in total. The van der Waals surface area contributed by atoms with Crippen molar-refractivity contribution in [2.45, 2.75) is 6.42 Å². The van der Waals surface area contributed by atoms with Crippen molar-refractivity contribution in [2.24, 2.45) is 5.10 Å². The minimum Gasteiger partial charge on any atom is -0.205 e. The van der Waals surface area contributed by atoms with Gasteiger partial charge in [-0.05, 0) is 5.21 Å². The number of nitrogens with zero attached hydrogens (tertiary/aromatic N) is 6. The summed E-state index contributed by atoms with van der Waals surface area (Å²) in [6.45, 7) is 7.89. The first kappa shape index (κ1) is 10.3. The molecule has 1 aromatic heterocycles. The summed E-state index contributed by atoms with van der Waals surface area (Å²) in [7, 11) is 0. The number of anilines is 1. The lowest BCUT2D eigenvalue weighted by Crippen LogP contribution is -2.43. The van der Waals surface area contributed by atoms with Gasteiger partial charge in [-0.15, -0.1) is 28.9 Å². The van der Waals surface area contributed by atoms with E-state index in [1.807, 2.05) is 0 Å². The van der Waals surface area contributed by atoms with Crippen molar-refractivity contribution in [3.8, 4) is 0 Å². The Hall–Kier alpha value is -2.22. The first-order chi connectivity index (χ1) is 7.85. The van der Waals surface area contributed by atoms with Gasteiger partial charge in [0.15, 0.2) is 5.84 Å². The normalized spacial score (nSPS) is 15.1. The van der Waals surface area contributed by atoms with Crippen LogP contribution in [0.2, 0.25) is 0 Å². The van der Waals surface area contributed by atoms with E-state index in [9.17, 15) is 0 Å². The summed E-state index contributed by atoms with van der Waals surface area (Å²) in [5, 5.41) is 21.2. The van der Waals surface area contributed by atoms with Crippen LogP contribution in [0.25, 0.3) is 0 Å². The van der Waals surface area contributed by atoms with Crippen molar-refractivity contribution in [1.29, 1.82) is 0 Å². The van der Waals surface area contributed by atoms with Crippen LogP contribution in [0.15, 0.2) is 30.4 Å². The molecule has 1 aromatic rings. The smallest absolute Gasteiger partial charge is 0.205 e. The zero-order valence-corrected chi connectivity index (χ0v) is 8.67. The minimum atomic E-state index is 0.409. The third-order valence-electron chi connectivity index (χ3n) is 1.87. The van der Waals surface area contributed by atoms with Crippen LogP contribution in [-0.2, 0) is 0 Å². The summed E-state index contributed by atoms with van der Waals surface area (Å²) >= 11 is 0.